The summed E-state index contributed by atoms with van der Waals surface area (Å²) in [5.41, 5.74) is -0.573. The Hall–Kier alpha value is -2.49. The monoisotopic (exact) mass is 308 g/mol. The highest BCUT2D eigenvalue weighted by Gasteiger charge is 2.24. The smallest absolute Gasteiger partial charge is 0.343 e. The van der Waals surface area contributed by atoms with Gasteiger partial charge in [0.25, 0.3) is 5.56 Å². The molecule has 0 fully saturated rings. The maximum Gasteiger partial charge on any atom is 0.343 e. The molecule has 2 aromatic rings. The molecule has 0 atom stereocenters. The predicted octanol–water partition coefficient (Wildman–Crippen LogP) is 1.44. The van der Waals surface area contributed by atoms with Gasteiger partial charge in [-0.1, -0.05) is 6.92 Å². The van der Waals surface area contributed by atoms with Crippen molar-refractivity contribution in [2.75, 3.05) is 11.9 Å². The number of nitro groups is 1. The van der Waals surface area contributed by atoms with E-state index in [2.05, 4.69) is 25.3 Å². The number of nitrogens with zero attached hydrogens (tertiary/aromatic N) is 4. The average Bonchev–Trinajstić information content (AvgIpc) is 2.45. The highest BCUT2D eigenvalue weighted by atomic mass is 32.2. The first kappa shape index (κ1) is 14.9. The molecular formula is C11H12N6O3S. The maximum atomic E-state index is 11.2. The zero-order valence-electron chi connectivity index (χ0n) is 11.1. The number of anilines is 1. The summed E-state index contributed by atoms with van der Waals surface area (Å²) in [6.07, 6.45) is 3.36. The fraction of sp³-hybridized carbons (Fsp3) is 0.273. The molecule has 2 N–H and O–H groups in total. The summed E-state index contributed by atoms with van der Waals surface area (Å²) in [6, 6.07) is 1.26. The van der Waals surface area contributed by atoms with Crippen LogP contribution in [0, 0.1) is 10.1 Å². The summed E-state index contributed by atoms with van der Waals surface area (Å²) in [4.78, 5) is 36.1. The molecule has 0 aliphatic heterocycles. The van der Waals surface area contributed by atoms with Gasteiger partial charge < -0.3 is 10.3 Å². The van der Waals surface area contributed by atoms with E-state index in [9.17, 15) is 14.9 Å². The summed E-state index contributed by atoms with van der Waals surface area (Å²) in [6.45, 7) is 2.50. The first-order valence-corrected chi connectivity index (χ1v) is 6.90. The van der Waals surface area contributed by atoms with Gasteiger partial charge in [-0.15, -0.1) is 0 Å². The van der Waals surface area contributed by atoms with Crippen LogP contribution < -0.4 is 10.9 Å². The largest absolute Gasteiger partial charge is 0.364 e. The van der Waals surface area contributed by atoms with Crippen LogP contribution >= 0.6 is 11.8 Å². The lowest BCUT2D eigenvalue weighted by molar-refractivity contribution is -0.387. The van der Waals surface area contributed by atoms with E-state index in [0.717, 1.165) is 18.2 Å². The van der Waals surface area contributed by atoms with Gasteiger partial charge in [-0.05, 0) is 18.2 Å². The van der Waals surface area contributed by atoms with Gasteiger partial charge in [-0.2, -0.15) is 0 Å². The lowest BCUT2D eigenvalue weighted by Gasteiger charge is -2.06. The minimum atomic E-state index is -0.554. The molecule has 2 heterocycles. The maximum absolute atomic E-state index is 11.2. The van der Waals surface area contributed by atoms with E-state index in [-0.39, 0.29) is 27.2 Å². The summed E-state index contributed by atoms with van der Waals surface area (Å²) in [5, 5.41) is 14.5. The average molecular weight is 308 g/mol. The summed E-state index contributed by atoms with van der Waals surface area (Å²) in [7, 11) is 0. The van der Waals surface area contributed by atoms with Gasteiger partial charge in [0.15, 0.2) is 10.2 Å². The van der Waals surface area contributed by atoms with Crippen molar-refractivity contribution < 1.29 is 4.92 Å². The zero-order chi connectivity index (χ0) is 15.2. The Morgan fingerprint density at radius 1 is 1.43 bits per heavy atom. The molecule has 0 saturated heterocycles. The van der Waals surface area contributed by atoms with E-state index < -0.39 is 4.92 Å². The number of hydrogen-bond donors (Lipinski definition) is 2. The van der Waals surface area contributed by atoms with Crippen molar-refractivity contribution in [2.45, 2.75) is 23.5 Å². The highest BCUT2D eigenvalue weighted by molar-refractivity contribution is 7.99. The molecule has 0 saturated carbocycles. The number of hydrogen-bond acceptors (Lipinski definition) is 8. The van der Waals surface area contributed by atoms with Gasteiger partial charge in [-0.25, -0.2) is 15.0 Å². The normalized spacial score (nSPS) is 10.3. The van der Waals surface area contributed by atoms with Gasteiger partial charge in [0, 0.05) is 18.8 Å². The fourth-order valence-corrected chi connectivity index (χ4v) is 2.29. The zero-order valence-corrected chi connectivity index (χ0v) is 11.9. The lowest BCUT2D eigenvalue weighted by Crippen LogP contribution is -2.08. The van der Waals surface area contributed by atoms with E-state index in [1.807, 2.05) is 6.92 Å². The molecule has 0 spiro atoms. The van der Waals surface area contributed by atoms with Crippen molar-refractivity contribution in [3.05, 3.63) is 39.1 Å². The standard InChI is InChI=1S/C11H12N6O3S/c1-2-4-12-9-8(17(19)20)10(15-6-14-9)21-11-13-5-3-7(18)16-11/h3,5-6H,2,4H2,1H3,(H,12,14,15)(H,13,16,18). The van der Waals surface area contributed by atoms with E-state index >= 15 is 0 Å². The minimum Gasteiger partial charge on any atom is -0.364 e. The second-order valence-corrected chi connectivity index (χ2v) is 4.88. The molecule has 0 radical (unpaired) electrons. The molecule has 0 aliphatic rings. The van der Waals surface area contributed by atoms with E-state index in [0.29, 0.717) is 6.54 Å². The molecular weight excluding hydrogens is 296 g/mol. The van der Waals surface area contributed by atoms with Crippen LogP contribution in [0.3, 0.4) is 0 Å². The highest BCUT2D eigenvalue weighted by Crippen LogP contribution is 2.34. The van der Waals surface area contributed by atoms with Crippen molar-refractivity contribution in [3.8, 4) is 0 Å². The van der Waals surface area contributed by atoms with Gasteiger partial charge in [0.05, 0.1) is 4.92 Å². The van der Waals surface area contributed by atoms with E-state index in [4.69, 9.17) is 0 Å². The van der Waals surface area contributed by atoms with Gasteiger partial charge in [0.2, 0.25) is 5.82 Å². The molecule has 0 amide bonds. The van der Waals surface area contributed by atoms with E-state index in [1.165, 1.54) is 18.6 Å². The molecule has 9 nitrogen and oxygen atoms in total. The van der Waals surface area contributed by atoms with Crippen LogP contribution in [-0.4, -0.2) is 31.4 Å². The number of rotatable bonds is 6. The second kappa shape index (κ2) is 6.79. The molecule has 21 heavy (non-hydrogen) atoms. The topological polar surface area (TPSA) is 127 Å². The second-order valence-electron chi connectivity index (χ2n) is 3.90. The molecule has 110 valence electrons. The Kier molecular flexibility index (Phi) is 4.82. The first-order chi connectivity index (χ1) is 10.1. The number of nitrogens with one attached hydrogen (secondary N) is 2. The molecule has 10 heteroatoms. The summed E-state index contributed by atoms with van der Waals surface area (Å²) < 4.78 is 0. The van der Waals surface area contributed by atoms with Crippen LogP contribution in [0.4, 0.5) is 11.5 Å². The van der Waals surface area contributed by atoms with Gasteiger partial charge in [0.1, 0.15) is 6.33 Å². The van der Waals surface area contributed by atoms with Crippen LogP contribution in [0.2, 0.25) is 0 Å². The van der Waals surface area contributed by atoms with Crippen LogP contribution in [-0.2, 0) is 0 Å². The van der Waals surface area contributed by atoms with Crippen molar-refractivity contribution in [1.29, 1.82) is 0 Å². The van der Waals surface area contributed by atoms with Crippen LogP contribution in [0.5, 0.6) is 0 Å². The Balaban J connectivity index is 2.38. The van der Waals surface area contributed by atoms with Crippen LogP contribution in [0.1, 0.15) is 13.3 Å². The van der Waals surface area contributed by atoms with Crippen molar-refractivity contribution >= 4 is 23.3 Å². The van der Waals surface area contributed by atoms with Gasteiger partial charge >= 0.3 is 5.69 Å². The first-order valence-electron chi connectivity index (χ1n) is 6.08. The summed E-state index contributed by atoms with van der Waals surface area (Å²) in [5.74, 6) is 0.151. The van der Waals surface area contributed by atoms with Gasteiger partial charge in [-0.3, -0.25) is 14.9 Å². The minimum absolute atomic E-state index is 0.114. The third kappa shape index (κ3) is 3.75. The summed E-state index contributed by atoms with van der Waals surface area (Å²) >= 11 is 0.905. The van der Waals surface area contributed by atoms with Crippen molar-refractivity contribution in [2.24, 2.45) is 0 Å². The molecule has 2 rings (SSSR count). The Morgan fingerprint density at radius 3 is 2.90 bits per heavy atom. The Morgan fingerprint density at radius 2 is 2.24 bits per heavy atom. The van der Waals surface area contributed by atoms with E-state index in [1.54, 1.807) is 0 Å². The molecule has 0 aliphatic carbocycles. The SMILES string of the molecule is CCCNc1ncnc(Sc2nccc(=O)[nH]2)c1[N+](=O)[O-]. The lowest BCUT2D eigenvalue weighted by atomic mass is 10.4. The molecule has 0 aromatic carbocycles. The molecule has 0 bridgehead atoms. The predicted molar refractivity (Wildman–Crippen MR) is 76.4 cm³/mol. The number of aromatic nitrogens is 4. The molecule has 0 unspecified atom stereocenters. The third-order valence-electron chi connectivity index (χ3n) is 2.35. The quantitative estimate of drug-likeness (QED) is 0.355. The number of aromatic amines is 1. The number of H-pyrrole nitrogens is 1. The Bertz CT molecular complexity index is 704. The van der Waals surface area contributed by atoms with Crippen molar-refractivity contribution in [3.63, 3.8) is 0 Å². The fourth-order valence-electron chi connectivity index (χ4n) is 1.47. The van der Waals surface area contributed by atoms with Crippen LogP contribution in [0.15, 0.2) is 33.6 Å². The van der Waals surface area contributed by atoms with Crippen LogP contribution in [0.25, 0.3) is 0 Å². The Labute approximate surface area is 123 Å². The van der Waals surface area contributed by atoms with Crippen molar-refractivity contribution in [1.82, 2.24) is 19.9 Å². The molecule has 2 aromatic heterocycles. The third-order valence-corrected chi connectivity index (χ3v) is 3.25.